The zero-order valence-electron chi connectivity index (χ0n) is 15.2. The molecular formula is C20H17ClN4O3. The second kappa shape index (κ2) is 8.06. The molecular weight excluding hydrogens is 380 g/mol. The zero-order chi connectivity index (χ0) is 20.3. The van der Waals surface area contributed by atoms with Gasteiger partial charge in [-0.3, -0.25) is 14.9 Å². The van der Waals surface area contributed by atoms with Crippen LogP contribution in [-0.2, 0) is 0 Å². The Morgan fingerprint density at radius 2 is 1.89 bits per heavy atom. The molecule has 8 heteroatoms. The number of amides is 1. The van der Waals surface area contributed by atoms with E-state index in [9.17, 15) is 14.9 Å². The SMILES string of the molecule is Cc1cc(/C=N\NC(=O)c2ccc(Cl)c([N+](=O)[O-])c2)c(C)n1-c1ccccc1. The van der Waals surface area contributed by atoms with Gasteiger partial charge in [-0.1, -0.05) is 29.8 Å². The maximum atomic E-state index is 12.2. The van der Waals surface area contributed by atoms with E-state index in [2.05, 4.69) is 15.1 Å². The second-order valence-corrected chi connectivity index (χ2v) is 6.53. The van der Waals surface area contributed by atoms with E-state index in [4.69, 9.17) is 11.6 Å². The van der Waals surface area contributed by atoms with Crippen LogP contribution in [0.2, 0.25) is 5.02 Å². The molecule has 7 nitrogen and oxygen atoms in total. The number of rotatable bonds is 5. The fourth-order valence-corrected chi connectivity index (χ4v) is 3.10. The van der Waals surface area contributed by atoms with E-state index in [0.717, 1.165) is 28.7 Å². The summed E-state index contributed by atoms with van der Waals surface area (Å²) >= 11 is 5.76. The molecule has 0 aliphatic carbocycles. The topological polar surface area (TPSA) is 89.5 Å². The van der Waals surface area contributed by atoms with Crippen molar-refractivity contribution in [2.24, 2.45) is 5.10 Å². The molecule has 3 aromatic rings. The van der Waals surface area contributed by atoms with E-state index in [1.165, 1.54) is 12.1 Å². The van der Waals surface area contributed by atoms with Gasteiger partial charge in [-0.15, -0.1) is 0 Å². The minimum absolute atomic E-state index is 0.0293. The van der Waals surface area contributed by atoms with Crippen molar-refractivity contribution in [3.8, 4) is 5.69 Å². The lowest BCUT2D eigenvalue weighted by molar-refractivity contribution is -0.384. The molecule has 142 valence electrons. The fourth-order valence-electron chi connectivity index (χ4n) is 2.91. The number of aromatic nitrogens is 1. The third-order valence-electron chi connectivity index (χ3n) is 4.26. The van der Waals surface area contributed by atoms with E-state index in [1.807, 2.05) is 50.2 Å². The van der Waals surface area contributed by atoms with E-state index in [1.54, 1.807) is 6.21 Å². The van der Waals surface area contributed by atoms with Gasteiger partial charge in [-0.2, -0.15) is 5.10 Å². The van der Waals surface area contributed by atoms with Crippen molar-refractivity contribution < 1.29 is 9.72 Å². The number of nitro groups is 1. The van der Waals surface area contributed by atoms with Crippen molar-refractivity contribution in [2.45, 2.75) is 13.8 Å². The number of hydrazone groups is 1. The van der Waals surface area contributed by atoms with E-state index in [-0.39, 0.29) is 16.3 Å². The lowest BCUT2D eigenvalue weighted by atomic mass is 10.2. The van der Waals surface area contributed by atoms with Gasteiger partial charge in [0.05, 0.1) is 11.1 Å². The molecule has 0 atom stereocenters. The fraction of sp³-hybridized carbons (Fsp3) is 0.100. The summed E-state index contributed by atoms with van der Waals surface area (Å²) in [7, 11) is 0. The standard InChI is InChI=1S/C20H17ClN4O3/c1-13-10-16(14(2)24(13)17-6-4-3-5-7-17)12-22-23-20(26)15-8-9-18(21)19(11-15)25(27)28/h3-12H,1-2H3,(H,23,26)/b22-12-. The van der Waals surface area contributed by atoms with Gasteiger partial charge in [-0.25, -0.2) is 5.43 Å². The second-order valence-electron chi connectivity index (χ2n) is 6.12. The summed E-state index contributed by atoms with van der Waals surface area (Å²) in [5, 5.41) is 14.9. The molecule has 28 heavy (non-hydrogen) atoms. The quantitative estimate of drug-likeness (QED) is 0.393. The van der Waals surface area contributed by atoms with Crippen molar-refractivity contribution >= 4 is 29.4 Å². The van der Waals surface area contributed by atoms with Crippen LogP contribution in [0.3, 0.4) is 0 Å². The average molecular weight is 397 g/mol. The largest absolute Gasteiger partial charge is 0.318 e. The summed E-state index contributed by atoms with van der Waals surface area (Å²) in [6.07, 6.45) is 1.55. The third-order valence-corrected chi connectivity index (χ3v) is 4.58. The van der Waals surface area contributed by atoms with E-state index in [0.29, 0.717) is 0 Å². The Kier molecular flexibility index (Phi) is 5.56. The first-order valence-electron chi connectivity index (χ1n) is 8.40. The first-order chi connectivity index (χ1) is 13.4. The molecule has 0 spiro atoms. The van der Waals surface area contributed by atoms with Crippen LogP contribution in [-0.4, -0.2) is 21.6 Å². The Hall–Kier alpha value is -3.45. The summed E-state index contributed by atoms with van der Waals surface area (Å²) in [5.74, 6) is -0.562. The number of nitro benzene ring substituents is 1. The number of carbonyl (C=O) groups excluding carboxylic acids is 1. The van der Waals surface area contributed by atoms with Crippen molar-refractivity contribution in [3.63, 3.8) is 0 Å². The highest BCUT2D eigenvalue weighted by atomic mass is 35.5. The van der Waals surface area contributed by atoms with Crippen LogP contribution in [0.1, 0.15) is 27.3 Å². The minimum atomic E-state index is -0.638. The Balaban J connectivity index is 1.78. The maximum Gasteiger partial charge on any atom is 0.288 e. The van der Waals surface area contributed by atoms with Gasteiger partial charge in [0.2, 0.25) is 0 Å². The monoisotopic (exact) mass is 396 g/mol. The number of hydrogen-bond acceptors (Lipinski definition) is 4. The van der Waals surface area contributed by atoms with Gasteiger partial charge >= 0.3 is 0 Å². The van der Waals surface area contributed by atoms with Crippen molar-refractivity contribution in [3.05, 3.63) is 92.2 Å². The Bertz CT molecular complexity index is 1070. The van der Waals surface area contributed by atoms with Crippen molar-refractivity contribution in [1.29, 1.82) is 0 Å². The molecule has 1 heterocycles. The molecule has 0 saturated heterocycles. The van der Waals surface area contributed by atoms with Gasteiger partial charge in [0.1, 0.15) is 5.02 Å². The van der Waals surface area contributed by atoms with Crippen molar-refractivity contribution in [2.75, 3.05) is 0 Å². The van der Waals surface area contributed by atoms with Gasteiger partial charge in [0.15, 0.2) is 0 Å². The lowest BCUT2D eigenvalue weighted by Gasteiger charge is -2.08. The van der Waals surface area contributed by atoms with Crippen LogP contribution < -0.4 is 5.43 Å². The summed E-state index contributed by atoms with van der Waals surface area (Å²) < 4.78 is 2.09. The normalized spacial score (nSPS) is 11.0. The molecule has 0 saturated carbocycles. The summed E-state index contributed by atoms with van der Waals surface area (Å²) in [4.78, 5) is 22.5. The minimum Gasteiger partial charge on any atom is -0.318 e. The van der Waals surface area contributed by atoms with Crippen LogP contribution in [0.25, 0.3) is 5.69 Å². The zero-order valence-corrected chi connectivity index (χ0v) is 16.0. The molecule has 0 aliphatic rings. The molecule has 1 aromatic heterocycles. The van der Waals surface area contributed by atoms with Crippen LogP contribution in [0.5, 0.6) is 0 Å². The Labute approximate surface area is 166 Å². The number of para-hydroxylation sites is 1. The summed E-state index contributed by atoms with van der Waals surface area (Å²) in [6, 6.07) is 15.7. The number of nitrogens with zero attached hydrogens (tertiary/aromatic N) is 3. The highest BCUT2D eigenvalue weighted by Crippen LogP contribution is 2.25. The van der Waals surface area contributed by atoms with Gasteiger partial charge in [0, 0.05) is 34.3 Å². The van der Waals surface area contributed by atoms with Crippen molar-refractivity contribution in [1.82, 2.24) is 9.99 Å². The molecule has 2 aromatic carbocycles. The molecule has 0 fully saturated rings. The van der Waals surface area contributed by atoms with Gasteiger partial charge in [0.25, 0.3) is 11.6 Å². The number of halogens is 1. The maximum absolute atomic E-state index is 12.2. The molecule has 1 N–H and O–H groups in total. The molecule has 0 unspecified atom stereocenters. The average Bonchev–Trinajstić information content (AvgIpc) is 2.96. The van der Waals surface area contributed by atoms with Crippen LogP contribution in [0.15, 0.2) is 59.7 Å². The van der Waals surface area contributed by atoms with Gasteiger partial charge < -0.3 is 4.57 Å². The van der Waals surface area contributed by atoms with E-state index >= 15 is 0 Å². The van der Waals surface area contributed by atoms with Crippen LogP contribution in [0, 0.1) is 24.0 Å². The molecule has 0 bridgehead atoms. The predicted molar refractivity (Wildman–Crippen MR) is 108 cm³/mol. The first-order valence-corrected chi connectivity index (χ1v) is 8.78. The van der Waals surface area contributed by atoms with Gasteiger partial charge in [-0.05, 0) is 44.2 Å². The molecule has 0 radical (unpaired) electrons. The number of aryl methyl sites for hydroxylation is 1. The molecule has 0 aliphatic heterocycles. The summed E-state index contributed by atoms with van der Waals surface area (Å²) in [5.41, 5.74) is 6.05. The Morgan fingerprint density at radius 1 is 1.18 bits per heavy atom. The highest BCUT2D eigenvalue weighted by Gasteiger charge is 2.16. The number of hydrogen-bond donors (Lipinski definition) is 1. The predicted octanol–water partition coefficient (Wildman–Crippen LogP) is 4.42. The molecule has 1 amide bonds. The number of benzene rings is 2. The summed E-state index contributed by atoms with van der Waals surface area (Å²) in [6.45, 7) is 3.95. The lowest BCUT2D eigenvalue weighted by Crippen LogP contribution is -2.17. The highest BCUT2D eigenvalue weighted by molar-refractivity contribution is 6.32. The van der Waals surface area contributed by atoms with E-state index < -0.39 is 10.8 Å². The number of carbonyl (C=O) groups is 1. The number of nitrogens with one attached hydrogen (secondary N) is 1. The van der Waals surface area contributed by atoms with Crippen LogP contribution >= 0.6 is 11.6 Å². The van der Waals surface area contributed by atoms with Crippen LogP contribution in [0.4, 0.5) is 5.69 Å². The smallest absolute Gasteiger partial charge is 0.288 e. The third kappa shape index (κ3) is 3.94. The first kappa shape index (κ1) is 19.3. The molecule has 3 rings (SSSR count). The Morgan fingerprint density at radius 3 is 2.57 bits per heavy atom.